The molecular formula is C16H14N6O2. The molecule has 8 heteroatoms. The predicted octanol–water partition coefficient (Wildman–Crippen LogP) is 2.00. The number of hydrogen-bond donors (Lipinski definition) is 3. The fraction of sp³-hybridized carbons (Fsp3) is 0. The summed E-state index contributed by atoms with van der Waals surface area (Å²) in [4.78, 5) is 23.9. The zero-order chi connectivity index (χ0) is 16.8. The van der Waals surface area contributed by atoms with Crippen LogP contribution in [0.1, 0.15) is 10.4 Å². The fourth-order valence-electron chi connectivity index (χ4n) is 1.86. The number of hydrazine groups is 1. The minimum Gasteiger partial charge on any atom is -0.435 e. The van der Waals surface area contributed by atoms with Crippen LogP contribution in [-0.4, -0.2) is 20.9 Å². The second-order valence-electron chi connectivity index (χ2n) is 4.68. The Balaban J connectivity index is 1.70. The predicted molar refractivity (Wildman–Crippen MR) is 88.3 cm³/mol. The van der Waals surface area contributed by atoms with E-state index in [-0.39, 0.29) is 23.3 Å². The zero-order valence-corrected chi connectivity index (χ0v) is 12.5. The van der Waals surface area contributed by atoms with Crippen LogP contribution in [0.15, 0.2) is 61.2 Å². The highest BCUT2D eigenvalue weighted by Gasteiger charge is 2.11. The van der Waals surface area contributed by atoms with Gasteiger partial charge in [-0.1, -0.05) is 18.2 Å². The van der Waals surface area contributed by atoms with Crippen molar-refractivity contribution in [3.63, 3.8) is 0 Å². The number of carbonyl (C=O) groups is 1. The first-order valence-corrected chi connectivity index (χ1v) is 7.04. The minimum atomic E-state index is -0.316. The highest BCUT2D eigenvalue weighted by Crippen LogP contribution is 2.28. The number of nitrogens with one attached hydrogen (secondary N) is 2. The molecule has 0 spiro atoms. The smallest absolute Gasteiger partial charge is 0.269 e. The van der Waals surface area contributed by atoms with Gasteiger partial charge in [0.15, 0.2) is 5.82 Å². The van der Waals surface area contributed by atoms with Crippen molar-refractivity contribution < 1.29 is 9.53 Å². The van der Waals surface area contributed by atoms with E-state index >= 15 is 0 Å². The summed E-state index contributed by atoms with van der Waals surface area (Å²) in [5, 5.41) is 0. The van der Waals surface area contributed by atoms with Gasteiger partial charge in [0, 0.05) is 11.8 Å². The molecule has 2 aromatic heterocycles. The molecule has 0 unspecified atom stereocenters. The van der Waals surface area contributed by atoms with Crippen molar-refractivity contribution in [2.45, 2.75) is 0 Å². The number of nitrogens with two attached hydrogens (primary N) is 1. The van der Waals surface area contributed by atoms with Gasteiger partial charge in [-0.3, -0.25) is 20.6 Å². The van der Waals surface area contributed by atoms with E-state index in [1.165, 1.54) is 12.5 Å². The van der Waals surface area contributed by atoms with E-state index in [4.69, 9.17) is 10.5 Å². The molecule has 0 aliphatic rings. The monoisotopic (exact) mass is 322 g/mol. The van der Waals surface area contributed by atoms with Gasteiger partial charge in [0.05, 0.1) is 6.20 Å². The van der Waals surface area contributed by atoms with Crippen LogP contribution >= 0.6 is 0 Å². The van der Waals surface area contributed by atoms with Crippen molar-refractivity contribution in [3.05, 3.63) is 66.7 Å². The van der Waals surface area contributed by atoms with E-state index in [1.807, 2.05) is 6.07 Å². The number of rotatable bonds is 5. The SMILES string of the molecule is Nc1c(NNC(=O)c2ccccc2)ncnc1Oc1cccnc1. The molecule has 120 valence electrons. The van der Waals surface area contributed by atoms with E-state index in [2.05, 4.69) is 25.8 Å². The molecule has 24 heavy (non-hydrogen) atoms. The van der Waals surface area contributed by atoms with Crippen LogP contribution in [0.4, 0.5) is 11.5 Å². The van der Waals surface area contributed by atoms with E-state index in [0.29, 0.717) is 11.3 Å². The third-order valence-corrected chi connectivity index (χ3v) is 3.03. The number of carbonyl (C=O) groups excluding carboxylic acids is 1. The lowest BCUT2D eigenvalue weighted by Gasteiger charge is -2.12. The summed E-state index contributed by atoms with van der Waals surface area (Å²) in [5.41, 5.74) is 11.8. The third-order valence-electron chi connectivity index (χ3n) is 3.03. The van der Waals surface area contributed by atoms with Gasteiger partial charge in [0.2, 0.25) is 5.88 Å². The summed E-state index contributed by atoms with van der Waals surface area (Å²) in [6.07, 6.45) is 4.44. The second-order valence-corrected chi connectivity index (χ2v) is 4.68. The van der Waals surface area contributed by atoms with E-state index in [1.54, 1.807) is 42.6 Å². The molecule has 0 bridgehead atoms. The Bertz CT molecular complexity index is 826. The lowest BCUT2D eigenvalue weighted by Crippen LogP contribution is -2.30. The van der Waals surface area contributed by atoms with Crippen LogP contribution in [0, 0.1) is 0 Å². The number of nitrogen functional groups attached to an aromatic ring is 1. The van der Waals surface area contributed by atoms with Crippen molar-refractivity contribution in [2.24, 2.45) is 0 Å². The lowest BCUT2D eigenvalue weighted by atomic mass is 10.2. The maximum Gasteiger partial charge on any atom is 0.269 e. The van der Waals surface area contributed by atoms with Crippen molar-refractivity contribution in [3.8, 4) is 11.6 Å². The number of anilines is 2. The van der Waals surface area contributed by atoms with Gasteiger partial charge < -0.3 is 10.5 Å². The van der Waals surface area contributed by atoms with Gasteiger partial charge in [-0.15, -0.1) is 0 Å². The molecule has 0 saturated heterocycles. The van der Waals surface area contributed by atoms with E-state index in [0.717, 1.165) is 0 Å². The highest BCUT2D eigenvalue weighted by molar-refractivity contribution is 5.95. The summed E-state index contributed by atoms with van der Waals surface area (Å²) in [7, 11) is 0. The molecule has 0 aliphatic carbocycles. The topological polar surface area (TPSA) is 115 Å². The molecule has 3 aromatic rings. The maximum absolute atomic E-state index is 12.0. The highest BCUT2D eigenvalue weighted by atomic mass is 16.5. The largest absolute Gasteiger partial charge is 0.435 e. The van der Waals surface area contributed by atoms with E-state index in [9.17, 15) is 4.79 Å². The molecule has 1 aromatic carbocycles. The first kappa shape index (κ1) is 15.2. The Kier molecular flexibility index (Phi) is 4.47. The Morgan fingerprint density at radius 3 is 2.67 bits per heavy atom. The Labute approximate surface area is 137 Å². The van der Waals surface area contributed by atoms with Gasteiger partial charge in [-0.05, 0) is 24.3 Å². The molecule has 1 amide bonds. The Morgan fingerprint density at radius 2 is 1.92 bits per heavy atom. The van der Waals surface area contributed by atoms with Crippen LogP contribution in [0.25, 0.3) is 0 Å². The van der Waals surface area contributed by atoms with Crippen molar-refractivity contribution in [1.29, 1.82) is 0 Å². The van der Waals surface area contributed by atoms with Crippen molar-refractivity contribution >= 4 is 17.4 Å². The average molecular weight is 322 g/mol. The van der Waals surface area contributed by atoms with Crippen molar-refractivity contribution in [1.82, 2.24) is 20.4 Å². The van der Waals surface area contributed by atoms with Crippen LogP contribution in [0.3, 0.4) is 0 Å². The third kappa shape index (κ3) is 3.55. The molecule has 0 radical (unpaired) electrons. The molecule has 4 N–H and O–H groups in total. The van der Waals surface area contributed by atoms with Gasteiger partial charge in [0.1, 0.15) is 17.8 Å². The summed E-state index contributed by atoms with van der Waals surface area (Å²) >= 11 is 0. The van der Waals surface area contributed by atoms with Gasteiger partial charge in [-0.25, -0.2) is 4.98 Å². The molecule has 3 rings (SSSR count). The van der Waals surface area contributed by atoms with Crippen LogP contribution < -0.4 is 21.3 Å². The molecule has 0 fully saturated rings. The zero-order valence-electron chi connectivity index (χ0n) is 12.5. The lowest BCUT2D eigenvalue weighted by molar-refractivity contribution is 0.0962. The first-order chi connectivity index (χ1) is 11.7. The standard InChI is InChI=1S/C16H14N6O2/c17-13-14(21-22-15(23)11-5-2-1-3-6-11)19-10-20-16(13)24-12-7-4-8-18-9-12/h1-10H,17H2,(H,22,23)(H,19,20,21). The summed E-state index contributed by atoms with van der Waals surface area (Å²) in [6, 6.07) is 12.2. The Morgan fingerprint density at radius 1 is 1.08 bits per heavy atom. The molecule has 8 nitrogen and oxygen atoms in total. The number of amides is 1. The molecule has 0 atom stereocenters. The number of nitrogens with zero attached hydrogens (tertiary/aromatic N) is 3. The summed E-state index contributed by atoms with van der Waals surface area (Å²) < 4.78 is 5.55. The maximum atomic E-state index is 12.0. The van der Waals surface area contributed by atoms with Crippen LogP contribution in [0.2, 0.25) is 0 Å². The Hall–Kier alpha value is -3.68. The quantitative estimate of drug-likeness (QED) is 0.615. The van der Waals surface area contributed by atoms with E-state index < -0.39 is 0 Å². The van der Waals surface area contributed by atoms with Gasteiger partial charge in [-0.2, -0.15) is 4.98 Å². The first-order valence-electron chi connectivity index (χ1n) is 7.04. The second kappa shape index (κ2) is 7.05. The van der Waals surface area contributed by atoms with Crippen LogP contribution in [-0.2, 0) is 0 Å². The average Bonchev–Trinajstić information content (AvgIpc) is 2.64. The van der Waals surface area contributed by atoms with Gasteiger partial charge >= 0.3 is 0 Å². The van der Waals surface area contributed by atoms with Crippen LogP contribution in [0.5, 0.6) is 11.6 Å². The molecule has 0 aliphatic heterocycles. The minimum absolute atomic E-state index is 0.162. The summed E-state index contributed by atoms with van der Waals surface area (Å²) in [5.74, 6) is 0.563. The number of benzene rings is 1. The number of pyridine rings is 1. The van der Waals surface area contributed by atoms with Gasteiger partial charge in [0.25, 0.3) is 5.91 Å². The normalized spacial score (nSPS) is 10.0. The molecular weight excluding hydrogens is 308 g/mol. The summed E-state index contributed by atoms with van der Waals surface area (Å²) in [6.45, 7) is 0. The number of hydrogen-bond acceptors (Lipinski definition) is 7. The molecule has 0 saturated carbocycles. The van der Waals surface area contributed by atoms with Crippen molar-refractivity contribution in [2.75, 3.05) is 11.2 Å². The fourth-order valence-corrected chi connectivity index (χ4v) is 1.86. The number of ether oxygens (including phenoxy) is 1. The number of aromatic nitrogens is 3. The molecule has 2 heterocycles.